The lowest BCUT2D eigenvalue weighted by Crippen LogP contribution is -2.30. The summed E-state index contributed by atoms with van der Waals surface area (Å²) in [7, 11) is 0. The fraction of sp³-hybridized carbons (Fsp3) is 0.0645. The van der Waals surface area contributed by atoms with Gasteiger partial charge in [-0.05, 0) is 85.3 Å². The van der Waals surface area contributed by atoms with Gasteiger partial charge in [-0.3, -0.25) is 14.4 Å². The van der Waals surface area contributed by atoms with E-state index in [0.29, 0.717) is 15.7 Å². The van der Waals surface area contributed by atoms with Crippen molar-refractivity contribution >= 4 is 78.8 Å². The van der Waals surface area contributed by atoms with Gasteiger partial charge in [0, 0.05) is 25.1 Å². The van der Waals surface area contributed by atoms with E-state index < -0.39 is 22.9 Å². The minimum absolute atomic E-state index is 0.0703. The molecule has 0 aliphatic carbocycles. The molecular formula is C31H24Br2FN3O3S. The van der Waals surface area contributed by atoms with Gasteiger partial charge in [-0.2, -0.15) is 0 Å². The second-order valence-corrected chi connectivity index (χ2v) is 12.0. The van der Waals surface area contributed by atoms with Crippen molar-refractivity contribution in [3.8, 4) is 0 Å². The van der Waals surface area contributed by atoms with Crippen molar-refractivity contribution in [2.45, 2.75) is 17.1 Å². The Labute approximate surface area is 258 Å². The van der Waals surface area contributed by atoms with Gasteiger partial charge in [0.05, 0.1) is 10.9 Å². The van der Waals surface area contributed by atoms with Gasteiger partial charge >= 0.3 is 0 Å². The minimum Gasteiger partial charge on any atom is -0.323 e. The number of carbonyl (C=O) groups is 3. The van der Waals surface area contributed by atoms with Crippen molar-refractivity contribution in [2.75, 3.05) is 10.6 Å². The predicted molar refractivity (Wildman–Crippen MR) is 169 cm³/mol. The summed E-state index contributed by atoms with van der Waals surface area (Å²) < 4.78 is 15.5. The number of carbonyl (C=O) groups excluding carboxylic acids is 3. The van der Waals surface area contributed by atoms with Crippen LogP contribution in [0.15, 0.2) is 117 Å². The zero-order valence-corrected chi connectivity index (χ0v) is 25.6. The maximum Gasteiger partial charge on any atom is 0.272 e. The first-order valence-electron chi connectivity index (χ1n) is 12.4. The summed E-state index contributed by atoms with van der Waals surface area (Å²) in [5.74, 6) is -1.79. The summed E-state index contributed by atoms with van der Waals surface area (Å²) in [6, 6.07) is 27.3. The lowest BCUT2D eigenvalue weighted by atomic mass is 10.1. The van der Waals surface area contributed by atoms with E-state index >= 15 is 0 Å². The van der Waals surface area contributed by atoms with Crippen LogP contribution in [0, 0.1) is 5.82 Å². The van der Waals surface area contributed by atoms with Crippen molar-refractivity contribution in [3.63, 3.8) is 0 Å². The third-order valence-corrected chi connectivity index (χ3v) is 7.77. The Morgan fingerprint density at radius 2 is 1.54 bits per heavy atom. The predicted octanol–water partition coefficient (Wildman–Crippen LogP) is 7.88. The third kappa shape index (κ3) is 8.88. The Balaban J connectivity index is 1.43. The second kappa shape index (κ2) is 14.2. The highest BCUT2D eigenvalue weighted by Gasteiger charge is 2.18. The van der Waals surface area contributed by atoms with Crippen molar-refractivity contribution in [3.05, 3.63) is 129 Å². The largest absolute Gasteiger partial charge is 0.323 e. The number of nitrogens with one attached hydrogen (secondary N) is 3. The van der Waals surface area contributed by atoms with Gasteiger partial charge < -0.3 is 16.0 Å². The molecule has 0 fully saturated rings. The molecule has 0 saturated heterocycles. The molecule has 0 saturated carbocycles. The number of rotatable bonds is 9. The van der Waals surface area contributed by atoms with Crippen LogP contribution in [0.25, 0.3) is 6.08 Å². The van der Waals surface area contributed by atoms with Gasteiger partial charge in [0.25, 0.3) is 11.8 Å². The molecule has 3 amide bonds. The number of halogens is 3. The Kier molecular flexibility index (Phi) is 10.5. The van der Waals surface area contributed by atoms with Crippen LogP contribution < -0.4 is 16.0 Å². The van der Waals surface area contributed by atoms with E-state index in [1.54, 1.807) is 73.7 Å². The van der Waals surface area contributed by atoms with Gasteiger partial charge in [-0.1, -0.05) is 62.2 Å². The average molecular weight is 697 g/mol. The molecule has 0 bridgehead atoms. The molecule has 4 aromatic carbocycles. The molecular weight excluding hydrogens is 673 g/mol. The number of amides is 3. The van der Waals surface area contributed by atoms with Gasteiger partial charge in [0.1, 0.15) is 11.5 Å². The molecule has 0 aliphatic rings. The van der Waals surface area contributed by atoms with Crippen LogP contribution in [-0.2, 0) is 9.59 Å². The molecule has 6 nitrogen and oxygen atoms in total. The normalized spacial score (nSPS) is 11.9. The molecule has 1 atom stereocenters. The lowest BCUT2D eigenvalue weighted by molar-refractivity contribution is -0.115. The minimum atomic E-state index is -0.529. The van der Waals surface area contributed by atoms with Gasteiger partial charge in [0.15, 0.2) is 0 Å². The number of hydrogen-bond acceptors (Lipinski definition) is 4. The highest BCUT2D eigenvalue weighted by molar-refractivity contribution is 9.10. The Bertz CT molecular complexity index is 1600. The maximum atomic E-state index is 14.1. The zero-order valence-electron chi connectivity index (χ0n) is 21.7. The number of benzene rings is 4. The maximum absolute atomic E-state index is 14.1. The van der Waals surface area contributed by atoms with Crippen LogP contribution >= 0.6 is 43.6 Å². The van der Waals surface area contributed by atoms with Crippen LogP contribution in [0.1, 0.15) is 22.8 Å². The van der Waals surface area contributed by atoms with E-state index in [1.807, 2.05) is 24.3 Å². The molecule has 41 heavy (non-hydrogen) atoms. The molecule has 0 radical (unpaired) electrons. The molecule has 0 heterocycles. The summed E-state index contributed by atoms with van der Waals surface area (Å²) >= 11 is 7.91. The van der Waals surface area contributed by atoms with E-state index in [9.17, 15) is 18.8 Å². The van der Waals surface area contributed by atoms with E-state index in [2.05, 4.69) is 47.8 Å². The summed E-state index contributed by atoms with van der Waals surface area (Å²) in [5.41, 5.74) is 1.82. The number of hydrogen-bond donors (Lipinski definition) is 3. The van der Waals surface area contributed by atoms with Crippen LogP contribution in [0.4, 0.5) is 15.8 Å². The Hall–Kier alpha value is -3.73. The van der Waals surface area contributed by atoms with Crippen LogP contribution in [0.2, 0.25) is 0 Å². The van der Waals surface area contributed by atoms with Crippen molar-refractivity contribution < 1.29 is 18.8 Å². The fourth-order valence-electron chi connectivity index (χ4n) is 3.60. The third-order valence-electron chi connectivity index (χ3n) is 5.67. The standard InChI is InChI=1S/C31H24Br2FN3O3S/c1-19(29(38)36-27-15-10-23(33)18-26(27)34)41-25-13-11-24(12-14-25)35-31(40)28(17-20-6-5-9-22(32)16-20)37-30(39)21-7-3-2-4-8-21/h2-19H,1H3,(H,35,40)(H,36,38)(H,37,39)/b28-17-. The number of anilines is 2. The molecule has 10 heteroatoms. The Morgan fingerprint density at radius 1 is 0.829 bits per heavy atom. The summed E-state index contributed by atoms with van der Waals surface area (Å²) in [6.45, 7) is 1.72. The van der Waals surface area contributed by atoms with Crippen molar-refractivity contribution in [1.82, 2.24) is 5.32 Å². The van der Waals surface area contributed by atoms with Crippen molar-refractivity contribution in [2.24, 2.45) is 0 Å². The first-order chi connectivity index (χ1) is 19.7. The molecule has 0 spiro atoms. The summed E-state index contributed by atoms with van der Waals surface area (Å²) in [5, 5.41) is 7.62. The molecule has 0 aliphatic heterocycles. The van der Waals surface area contributed by atoms with Crippen LogP contribution in [-0.4, -0.2) is 23.0 Å². The van der Waals surface area contributed by atoms with Gasteiger partial charge in [-0.15, -0.1) is 11.8 Å². The molecule has 0 aromatic heterocycles. The summed E-state index contributed by atoms with van der Waals surface area (Å²) in [6.07, 6.45) is 1.60. The first kappa shape index (κ1) is 30.2. The number of thioether (sulfide) groups is 1. The topological polar surface area (TPSA) is 87.3 Å². The van der Waals surface area contributed by atoms with E-state index in [4.69, 9.17) is 0 Å². The lowest BCUT2D eigenvalue weighted by Gasteiger charge is -2.14. The SMILES string of the molecule is CC(Sc1ccc(NC(=O)/C(=C/c2cccc(Br)c2)NC(=O)c2ccccc2)cc1)C(=O)Nc1ccc(Br)cc1F. The molecule has 208 valence electrons. The van der Waals surface area contributed by atoms with E-state index in [0.717, 1.165) is 14.9 Å². The second-order valence-electron chi connectivity index (χ2n) is 8.79. The first-order valence-corrected chi connectivity index (χ1v) is 14.8. The average Bonchev–Trinajstić information content (AvgIpc) is 2.95. The molecule has 1 unspecified atom stereocenters. The zero-order chi connectivity index (χ0) is 29.4. The van der Waals surface area contributed by atoms with Crippen LogP contribution in [0.5, 0.6) is 0 Å². The van der Waals surface area contributed by atoms with E-state index in [-0.39, 0.29) is 17.3 Å². The van der Waals surface area contributed by atoms with Crippen LogP contribution in [0.3, 0.4) is 0 Å². The summed E-state index contributed by atoms with van der Waals surface area (Å²) in [4.78, 5) is 39.4. The van der Waals surface area contributed by atoms with E-state index in [1.165, 1.54) is 23.9 Å². The fourth-order valence-corrected chi connectivity index (χ4v) is 5.22. The highest BCUT2D eigenvalue weighted by atomic mass is 79.9. The molecule has 4 aromatic rings. The highest BCUT2D eigenvalue weighted by Crippen LogP contribution is 2.27. The van der Waals surface area contributed by atoms with Gasteiger partial charge in [-0.25, -0.2) is 4.39 Å². The molecule has 3 N–H and O–H groups in total. The smallest absolute Gasteiger partial charge is 0.272 e. The Morgan fingerprint density at radius 3 is 2.22 bits per heavy atom. The molecule has 4 rings (SSSR count). The monoisotopic (exact) mass is 695 g/mol. The quantitative estimate of drug-likeness (QED) is 0.123. The van der Waals surface area contributed by atoms with Gasteiger partial charge in [0.2, 0.25) is 5.91 Å². The van der Waals surface area contributed by atoms with Crippen molar-refractivity contribution in [1.29, 1.82) is 0 Å².